The van der Waals surface area contributed by atoms with E-state index in [4.69, 9.17) is 0 Å². The fourth-order valence-corrected chi connectivity index (χ4v) is 2.88. The molecule has 0 spiro atoms. The van der Waals surface area contributed by atoms with Crippen molar-refractivity contribution in [2.75, 3.05) is 11.9 Å². The van der Waals surface area contributed by atoms with Crippen molar-refractivity contribution in [3.63, 3.8) is 0 Å². The van der Waals surface area contributed by atoms with Gasteiger partial charge in [-0.1, -0.05) is 39.7 Å². The maximum Gasteiger partial charge on any atom is 0.319 e. The number of hydrogen-bond donors (Lipinski definition) is 3. The molecule has 0 aromatic heterocycles. The number of hydrogen-bond acceptors (Lipinski definition) is 2. The van der Waals surface area contributed by atoms with Gasteiger partial charge in [0.2, 0.25) is 5.91 Å². The standard InChI is InChI=1S/C20H24BrN3O2/c1-13-4-5-14(2)18(12-13)15(3)23-19(25)10-11-22-20(26)24-17-8-6-16(21)7-9-17/h4-9,12,15H,10-11H2,1-3H3,(H,23,25)(H2,22,24,26). The van der Waals surface area contributed by atoms with Crippen molar-refractivity contribution in [1.82, 2.24) is 10.6 Å². The number of carbonyl (C=O) groups excluding carboxylic acids is 2. The molecule has 1 atom stereocenters. The van der Waals surface area contributed by atoms with Crippen LogP contribution in [0.2, 0.25) is 0 Å². The third-order valence-corrected chi connectivity index (χ3v) is 4.55. The second-order valence-corrected chi connectivity index (χ2v) is 7.20. The molecule has 6 heteroatoms. The van der Waals surface area contributed by atoms with Gasteiger partial charge in [-0.05, 0) is 56.2 Å². The summed E-state index contributed by atoms with van der Waals surface area (Å²) in [5.74, 6) is -0.0950. The number of carbonyl (C=O) groups is 2. The number of anilines is 1. The highest BCUT2D eigenvalue weighted by molar-refractivity contribution is 9.10. The molecule has 26 heavy (non-hydrogen) atoms. The Kier molecular flexibility index (Phi) is 7.21. The first kappa shape index (κ1) is 20.0. The van der Waals surface area contributed by atoms with Crippen LogP contribution < -0.4 is 16.0 Å². The zero-order valence-corrected chi connectivity index (χ0v) is 16.8. The highest BCUT2D eigenvalue weighted by atomic mass is 79.9. The zero-order valence-electron chi connectivity index (χ0n) is 15.2. The lowest BCUT2D eigenvalue weighted by Gasteiger charge is -2.17. The molecule has 0 aliphatic rings. The summed E-state index contributed by atoms with van der Waals surface area (Å²) in [4.78, 5) is 24.0. The molecule has 0 fully saturated rings. The van der Waals surface area contributed by atoms with Gasteiger partial charge in [0, 0.05) is 23.1 Å². The Morgan fingerprint density at radius 2 is 1.77 bits per heavy atom. The summed E-state index contributed by atoms with van der Waals surface area (Å²) in [6.45, 7) is 6.30. The number of halogens is 1. The van der Waals surface area contributed by atoms with Crippen molar-refractivity contribution in [3.8, 4) is 0 Å². The van der Waals surface area contributed by atoms with Crippen molar-refractivity contribution in [3.05, 3.63) is 63.6 Å². The average molecular weight is 418 g/mol. The first-order valence-corrected chi connectivity index (χ1v) is 9.31. The normalized spacial score (nSPS) is 11.5. The fraction of sp³-hybridized carbons (Fsp3) is 0.300. The molecular weight excluding hydrogens is 394 g/mol. The summed E-state index contributed by atoms with van der Waals surface area (Å²) in [6, 6.07) is 13.1. The van der Waals surface area contributed by atoms with E-state index in [1.54, 1.807) is 12.1 Å². The van der Waals surface area contributed by atoms with Crippen LogP contribution in [-0.2, 0) is 4.79 Å². The molecule has 0 saturated carbocycles. The fourth-order valence-electron chi connectivity index (χ4n) is 2.62. The number of urea groups is 1. The molecule has 2 aromatic rings. The van der Waals surface area contributed by atoms with Crippen LogP contribution >= 0.6 is 15.9 Å². The van der Waals surface area contributed by atoms with Crippen LogP contribution in [0.25, 0.3) is 0 Å². The van der Waals surface area contributed by atoms with Crippen molar-refractivity contribution in [2.45, 2.75) is 33.2 Å². The van der Waals surface area contributed by atoms with Gasteiger partial charge in [-0.15, -0.1) is 0 Å². The Bertz CT molecular complexity index is 775. The van der Waals surface area contributed by atoms with E-state index in [-0.39, 0.29) is 30.9 Å². The topological polar surface area (TPSA) is 70.2 Å². The minimum atomic E-state index is -0.331. The van der Waals surface area contributed by atoms with Gasteiger partial charge in [-0.2, -0.15) is 0 Å². The Morgan fingerprint density at radius 3 is 2.46 bits per heavy atom. The van der Waals surface area contributed by atoms with E-state index in [2.05, 4.69) is 50.1 Å². The van der Waals surface area contributed by atoms with E-state index in [1.165, 1.54) is 0 Å². The molecule has 5 nitrogen and oxygen atoms in total. The maximum atomic E-state index is 12.1. The van der Waals surface area contributed by atoms with E-state index in [9.17, 15) is 9.59 Å². The zero-order chi connectivity index (χ0) is 19.1. The number of nitrogens with one attached hydrogen (secondary N) is 3. The summed E-state index contributed by atoms with van der Waals surface area (Å²) in [5.41, 5.74) is 4.12. The average Bonchev–Trinajstić information content (AvgIpc) is 2.59. The molecular formula is C20H24BrN3O2. The van der Waals surface area contributed by atoms with E-state index < -0.39 is 0 Å². The highest BCUT2D eigenvalue weighted by Crippen LogP contribution is 2.19. The molecule has 0 aliphatic heterocycles. The second kappa shape index (κ2) is 9.38. The molecule has 0 radical (unpaired) electrons. The Morgan fingerprint density at radius 1 is 1.08 bits per heavy atom. The third-order valence-electron chi connectivity index (χ3n) is 4.02. The molecule has 2 aromatic carbocycles. The van der Waals surface area contributed by atoms with Gasteiger partial charge in [-0.3, -0.25) is 4.79 Å². The second-order valence-electron chi connectivity index (χ2n) is 6.29. The Labute approximate surface area is 162 Å². The highest BCUT2D eigenvalue weighted by Gasteiger charge is 2.12. The molecule has 2 rings (SSSR count). The molecule has 0 aliphatic carbocycles. The largest absolute Gasteiger partial charge is 0.350 e. The van der Waals surface area contributed by atoms with Crippen LogP contribution in [0.3, 0.4) is 0 Å². The van der Waals surface area contributed by atoms with Crippen LogP contribution in [0.15, 0.2) is 46.9 Å². The lowest BCUT2D eigenvalue weighted by atomic mass is 10.00. The summed E-state index contributed by atoms with van der Waals surface area (Å²) < 4.78 is 0.943. The molecule has 138 valence electrons. The first-order valence-electron chi connectivity index (χ1n) is 8.52. The molecule has 3 amide bonds. The van der Waals surface area contributed by atoms with Crippen molar-refractivity contribution < 1.29 is 9.59 Å². The Balaban J connectivity index is 1.75. The predicted molar refractivity (Wildman–Crippen MR) is 108 cm³/mol. The van der Waals surface area contributed by atoms with Gasteiger partial charge in [0.05, 0.1) is 6.04 Å². The Hall–Kier alpha value is -2.34. The van der Waals surface area contributed by atoms with Crippen LogP contribution in [0.4, 0.5) is 10.5 Å². The van der Waals surface area contributed by atoms with Crippen LogP contribution in [-0.4, -0.2) is 18.5 Å². The van der Waals surface area contributed by atoms with Gasteiger partial charge >= 0.3 is 6.03 Å². The van der Waals surface area contributed by atoms with Crippen molar-refractivity contribution in [2.24, 2.45) is 0 Å². The number of rotatable bonds is 6. The lowest BCUT2D eigenvalue weighted by Crippen LogP contribution is -2.34. The van der Waals surface area contributed by atoms with Crippen LogP contribution in [0, 0.1) is 13.8 Å². The third kappa shape index (κ3) is 6.19. The number of amides is 3. The quantitative estimate of drug-likeness (QED) is 0.649. The minimum absolute atomic E-state index is 0.0704. The predicted octanol–water partition coefficient (Wildman–Crippen LogP) is 4.45. The molecule has 3 N–H and O–H groups in total. The molecule has 0 saturated heterocycles. The van der Waals surface area contributed by atoms with Gasteiger partial charge in [-0.25, -0.2) is 4.79 Å². The smallest absolute Gasteiger partial charge is 0.319 e. The summed E-state index contributed by atoms with van der Waals surface area (Å²) in [5, 5.41) is 8.39. The number of aryl methyl sites for hydroxylation is 2. The van der Waals surface area contributed by atoms with Crippen molar-refractivity contribution in [1.29, 1.82) is 0 Å². The van der Waals surface area contributed by atoms with Gasteiger partial charge in [0.1, 0.15) is 0 Å². The molecule has 1 unspecified atom stereocenters. The first-order chi connectivity index (χ1) is 12.3. The summed E-state index contributed by atoms with van der Waals surface area (Å²) in [7, 11) is 0. The van der Waals surface area contributed by atoms with Crippen molar-refractivity contribution >= 4 is 33.6 Å². The SMILES string of the molecule is Cc1ccc(C)c(C(C)NC(=O)CCNC(=O)Nc2ccc(Br)cc2)c1. The van der Waals surface area contributed by atoms with Gasteiger partial charge in [0.25, 0.3) is 0 Å². The van der Waals surface area contributed by atoms with E-state index in [0.717, 1.165) is 21.2 Å². The van der Waals surface area contributed by atoms with E-state index in [0.29, 0.717) is 5.69 Å². The minimum Gasteiger partial charge on any atom is -0.350 e. The maximum absolute atomic E-state index is 12.1. The van der Waals surface area contributed by atoms with Gasteiger partial charge < -0.3 is 16.0 Å². The summed E-state index contributed by atoms with van der Waals surface area (Å²) >= 11 is 3.34. The molecule has 0 bridgehead atoms. The monoisotopic (exact) mass is 417 g/mol. The van der Waals surface area contributed by atoms with Crippen LogP contribution in [0.1, 0.15) is 36.1 Å². The van der Waals surface area contributed by atoms with E-state index in [1.807, 2.05) is 32.9 Å². The molecule has 0 heterocycles. The lowest BCUT2D eigenvalue weighted by molar-refractivity contribution is -0.121. The number of benzene rings is 2. The van der Waals surface area contributed by atoms with Crippen LogP contribution in [0.5, 0.6) is 0 Å². The van der Waals surface area contributed by atoms with E-state index >= 15 is 0 Å². The summed E-state index contributed by atoms with van der Waals surface area (Å²) in [6.07, 6.45) is 0.225. The van der Waals surface area contributed by atoms with Gasteiger partial charge in [0.15, 0.2) is 0 Å².